The van der Waals surface area contributed by atoms with Crippen molar-refractivity contribution in [1.82, 2.24) is 0 Å². The molecule has 0 bridgehead atoms. The molecule has 0 spiro atoms. The number of carbonyl (C=O) groups is 2. The van der Waals surface area contributed by atoms with Crippen LogP contribution in [0.2, 0.25) is 0 Å². The van der Waals surface area contributed by atoms with Gasteiger partial charge in [-0.3, -0.25) is 19.4 Å². The van der Waals surface area contributed by atoms with Crippen molar-refractivity contribution in [2.24, 2.45) is 0 Å². The zero-order valence-corrected chi connectivity index (χ0v) is 19.8. The number of piperazine rings is 1. The zero-order chi connectivity index (χ0) is 24.2. The highest BCUT2D eigenvalue weighted by atomic mass is 16.5. The number of benzene rings is 3. The van der Waals surface area contributed by atoms with Crippen LogP contribution in [0.4, 0.5) is 11.4 Å². The van der Waals surface area contributed by atoms with Crippen molar-refractivity contribution in [2.45, 2.75) is 19.9 Å². The highest BCUT2D eigenvalue weighted by molar-refractivity contribution is 6.15. The van der Waals surface area contributed by atoms with Gasteiger partial charge in [-0.1, -0.05) is 29.8 Å². The predicted octanol–water partition coefficient (Wildman–Crippen LogP) is 4.53. The van der Waals surface area contributed by atoms with Crippen molar-refractivity contribution in [3.63, 3.8) is 0 Å². The minimum atomic E-state index is -0.827. The van der Waals surface area contributed by atoms with Crippen molar-refractivity contribution in [2.75, 3.05) is 37.2 Å². The summed E-state index contributed by atoms with van der Waals surface area (Å²) in [6.45, 7) is 4.33. The lowest BCUT2D eigenvalue weighted by atomic mass is 9.98. The number of amides is 2. The molecule has 0 aliphatic carbocycles. The number of hydrogen-bond acceptors (Lipinski definition) is 5. The fraction of sp³-hybridized carbons (Fsp3) is 0.259. The number of ether oxygens (including phenoxy) is 3. The fourth-order valence-electron chi connectivity index (χ4n) is 4.11. The standard InChI is InChI=1S/C27H28N2O5/c1-5-34-21-12-10-20(11-13-21)29-25(30)17-28(23-15-14-22(32-3)16-24(23)33-4)27(31)26(29)19-8-6-18(2)7-9-19/h6-16,26H,5,17H2,1-4H3/t26-/m1/s1. The Kier molecular flexibility index (Phi) is 6.72. The number of carbonyl (C=O) groups excluding carboxylic acids is 2. The first-order valence-electron chi connectivity index (χ1n) is 11.1. The minimum absolute atomic E-state index is 0.114. The van der Waals surface area contributed by atoms with Gasteiger partial charge in [0, 0.05) is 11.8 Å². The van der Waals surface area contributed by atoms with Crippen molar-refractivity contribution in [3.05, 3.63) is 77.9 Å². The molecule has 1 heterocycles. The smallest absolute Gasteiger partial charge is 0.255 e. The molecule has 1 atom stereocenters. The molecule has 176 valence electrons. The van der Waals surface area contributed by atoms with Gasteiger partial charge < -0.3 is 14.2 Å². The number of methoxy groups -OCH3 is 2. The van der Waals surface area contributed by atoms with Gasteiger partial charge in [0.2, 0.25) is 5.91 Å². The highest BCUT2D eigenvalue weighted by Crippen LogP contribution is 2.39. The summed E-state index contributed by atoms with van der Waals surface area (Å²) in [6.07, 6.45) is 0. The Morgan fingerprint density at radius 2 is 1.56 bits per heavy atom. The summed E-state index contributed by atoms with van der Waals surface area (Å²) in [5, 5.41) is 0. The molecule has 7 heteroatoms. The topological polar surface area (TPSA) is 68.3 Å². The summed E-state index contributed by atoms with van der Waals surface area (Å²) in [6, 6.07) is 19.2. The van der Waals surface area contributed by atoms with Gasteiger partial charge in [0.25, 0.3) is 5.91 Å². The lowest BCUT2D eigenvalue weighted by molar-refractivity contribution is -0.128. The van der Waals surface area contributed by atoms with Crippen LogP contribution in [-0.4, -0.2) is 39.2 Å². The van der Waals surface area contributed by atoms with Gasteiger partial charge in [-0.15, -0.1) is 0 Å². The SMILES string of the molecule is CCOc1ccc(N2C(=O)CN(c3ccc(OC)cc3OC)C(=O)[C@H]2c2ccc(C)cc2)cc1. The van der Waals surface area contributed by atoms with Crippen LogP contribution in [-0.2, 0) is 9.59 Å². The first-order valence-corrected chi connectivity index (χ1v) is 11.1. The van der Waals surface area contributed by atoms with Crippen molar-refractivity contribution in [1.29, 1.82) is 0 Å². The highest BCUT2D eigenvalue weighted by Gasteiger charge is 2.42. The molecule has 7 nitrogen and oxygen atoms in total. The third-order valence-electron chi connectivity index (χ3n) is 5.82. The number of anilines is 2. The van der Waals surface area contributed by atoms with Gasteiger partial charge in [0.1, 0.15) is 29.8 Å². The summed E-state index contributed by atoms with van der Waals surface area (Å²) >= 11 is 0. The van der Waals surface area contributed by atoms with Crippen LogP contribution >= 0.6 is 0 Å². The van der Waals surface area contributed by atoms with Gasteiger partial charge in [0.15, 0.2) is 0 Å². The molecule has 0 radical (unpaired) electrons. The average Bonchev–Trinajstić information content (AvgIpc) is 2.86. The third-order valence-corrected chi connectivity index (χ3v) is 5.82. The van der Waals surface area contributed by atoms with E-state index >= 15 is 0 Å². The predicted molar refractivity (Wildman–Crippen MR) is 131 cm³/mol. The van der Waals surface area contributed by atoms with Crippen molar-refractivity contribution in [3.8, 4) is 17.2 Å². The lowest BCUT2D eigenvalue weighted by Crippen LogP contribution is -2.56. The molecule has 2 amide bonds. The summed E-state index contributed by atoms with van der Waals surface area (Å²) in [7, 11) is 3.09. The summed E-state index contributed by atoms with van der Waals surface area (Å²) in [5.74, 6) is 1.34. The van der Waals surface area contributed by atoms with Crippen molar-refractivity contribution < 1.29 is 23.8 Å². The number of rotatable bonds is 7. The van der Waals surface area contributed by atoms with Crippen LogP contribution in [0.25, 0.3) is 0 Å². The molecule has 3 aromatic carbocycles. The largest absolute Gasteiger partial charge is 0.497 e. The van der Waals surface area contributed by atoms with Crippen LogP contribution < -0.4 is 24.0 Å². The van der Waals surface area contributed by atoms with Gasteiger partial charge in [-0.2, -0.15) is 0 Å². The van der Waals surface area contributed by atoms with E-state index in [0.29, 0.717) is 35.2 Å². The Labute approximate surface area is 199 Å². The summed E-state index contributed by atoms with van der Waals surface area (Å²) < 4.78 is 16.3. The molecule has 3 aromatic rings. The van der Waals surface area contributed by atoms with Crippen LogP contribution in [0.15, 0.2) is 66.7 Å². The maximum atomic E-state index is 14.0. The van der Waals surface area contributed by atoms with Gasteiger partial charge >= 0.3 is 0 Å². The van der Waals surface area contributed by atoms with Crippen LogP contribution in [0.3, 0.4) is 0 Å². The average molecular weight is 461 g/mol. The molecule has 1 saturated heterocycles. The molecule has 1 aliphatic heterocycles. The molecule has 0 N–H and O–H groups in total. The molecule has 0 aromatic heterocycles. The first-order chi connectivity index (χ1) is 16.5. The Bertz CT molecular complexity index is 1170. The normalized spacial score (nSPS) is 15.9. The van der Waals surface area contributed by atoms with E-state index in [-0.39, 0.29) is 18.4 Å². The van der Waals surface area contributed by atoms with E-state index in [0.717, 1.165) is 11.1 Å². The molecule has 34 heavy (non-hydrogen) atoms. The van der Waals surface area contributed by atoms with E-state index in [9.17, 15) is 9.59 Å². The summed E-state index contributed by atoms with van der Waals surface area (Å²) in [4.78, 5) is 30.5. The monoisotopic (exact) mass is 460 g/mol. The molecular formula is C27H28N2O5. The Morgan fingerprint density at radius 3 is 2.18 bits per heavy atom. The van der Waals surface area contributed by atoms with Crippen molar-refractivity contribution >= 4 is 23.2 Å². The van der Waals surface area contributed by atoms with Crippen LogP contribution in [0, 0.1) is 6.92 Å². The minimum Gasteiger partial charge on any atom is -0.497 e. The number of hydrogen-bond donors (Lipinski definition) is 0. The van der Waals surface area contributed by atoms with E-state index in [4.69, 9.17) is 14.2 Å². The van der Waals surface area contributed by atoms with E-state index in [1.54, 1.807) is 42.3 Å². The van der Waals surface area contributed by atoms with Gasteiger partial charge in [-0.05, 0) is 55.8 Å². The van der Waals surface area contributed by atoms with Crippen LogP contribution in [0.1, 0.15) is 24.1 Å². The maximum Gasteiger partial charge on any atom is 0.255 e. The molecule has 0 unspecified atom stereocenters. The summed E-state index contributed by atoms with van der Waals surface area (Å²) in [5.41, 5.74) is 2.95. The molecule has 1 fully saturated rings. The molecular weight excluding hydrogens is 432 g/mol. The quantitative estimate of drug-likeness (QED) is 0.518. The Balaban J connectivity index is 1.79. The zero-order valence-electron chi connectivity index (χ0n) is 19.8. The second-order valence-corrected chi connectivity index (χ2v) is 7.97. The first kappa shape index (κ1) is 23.2. The number of aryl methyl sites for hydroxylation is 1. The fourth-order valence-corrected chi connectivity index (χ4v) is 4.11. The third kappa shape index (κ3) is 4.41. The van der Waals surface area contributed by atoms with Gasteiger partial charge in [-0.25, -0.2) is 0 Å². The van der Waals surface area contributed by atoms with E-state index in [1.165, 1.54) is 12.0 Å². The van der Waals surface area contributed by atoms with E-state index < -0.39 is 6.04 Å². The second kappa shape index (κ2) is 9.87. The molecule has 4 rings (SSSR count). The number of nitrogens with zero attached hydrogens (tertiary/aromatic N) is 2. The molecule has 1 aliphatic rings. The van der Waals surface area contributed by atoms with Crippen LogP contribution in [0.5, 0.6) is 17.2 Å². The van der Waals surface area contributed by atoms with E-state index in [2.05, 4.69) is 0 Å². The lowest BCUT2D eigenvalue weighted by Gasteiger charge is -2.40. The Hall–Kier alpha value is -4.00. The molecule has 0 saturated carbocycles. The Morgan fingerprint density at radius 1 is 0.882 bits per heavy atom. The maximum absolute atomic E-state index is 14.0. The second-order valence-electron chi connectivity index (χ2n) is 7.97. The van der Waals surface area contributed by atoms with E-state index in [1.807, 2.05) is 50.2 Å². The van der Waals surface area contributed by atoms with Gasteiger partial charge in [0.05, 0.1) is 26.5 Å².